The van der Waals surface area contributed by atoms with Gasteiger partial charge in [0.15, 0.2) is 5.52 Å². The molecule has 0 aliphatic heterocycles. The first-order chi connectivity index (χ1) is 11.2. The Morgan fingerprint density at radius 3 is 2.70 bits per heavy atom. The summed E-state index contributed by atoms with van der Waals surface area (Å²) in [6.07, 6.45) is 6.37. The van der Waals surface area contributed by atoms with E-state index in [1.165, 1.54) is 6.21 Å². The molecule has 0 saturated heterocycles. The van der Waals surface area contributed by atoms with E-state index in [2.05, 4.69) is 10.3 Å². The van der Waals surface area contributed by atoms with Crippen molar-refractivity contribution in [1.29, 1.82) is 5.41 Å². The van der Waals surface area contributed by atoms with E-state index in [4.69, 9.17) is 5.41 Å². The smallest absolute Gasteiger partial charge is 0.283 e. The highest BCUT2D eigenvalue weighted by Crippen LogP contribution is 2.22. The molecule has 0 unspecified atom stereocenters. The molecule has 0 saturated carbocycles. The summed E-state index contributed by atoms with van der Waals surface area (Å²) >= 11 is 0. The molecule has 0 aliphatic carbocycles. The van der Waals surface area contributed by atoms with Crippen LogP contribution >= 0.6 is 0 Å². The maximum absolute atomic E-state index is 12.8. The third kappa shape index (κ3) is 2.44. The van der Waals surface area contributed by atoms with Gasteiger partial charge in [0.25, 0.3) is 5.56 Å². The quantitative estimate of drug-likeness (QED) is 0.723. The highest BCUT2D eigenvalue weighted by Gasteiger charge is 2.16. The zero-order valence-electron chi connectivity index (χ0n) is 12.9. The Labute approximate surface area is 133 Å². The van der Waals surface area contributed by atoms with Crippen LogP contribution in [0.2, 0.25) is 0 Å². The molecule has 0 bridgehead atoms. The standard InChI is InChI=1S/C17H17N5O/c1-19-9-12(8-18)14-10-22(13-6-4-3-5-7-13)17(23)15-16(14)21(2)11-20-15/h3-11,18-19H,1-2H3/b12-9+,18-8?. The highest BCUT2D eigenvalue weighted by molar-refractivity contribution is 6.12. The lowest BCUT2D eigenvalue weighted by atomic mass is 10.1. The minimum atomic E-state index is -0.177. The minimum absolute atomic E-state index is 0.177. The summed E-state index contributed by atoms with van der Waals surface area (Å²) in [5, 5.41) is 10.6. The molecule has 23 heavy (non-hydrogen) atoms. The summed E-state index contributed by atoms with van der Waals surface area (Å²) in [5.41, 5.74) is 3.13. The lowest BCUT2D eigenvalue weighted by Gasteiger charge is -2.11. The number of imidazole rings is 1. The molecule has 0 aliphatic rings. The zero-order valence-corrected chi connectivity index (χ0v) is 12.9. The molecule has 6 nitrogen and oxygen atoms in total. The van der Waals surface area contributed by atoms with Crippen molar-refractivity contribution in [2.45, 2.75) is 0 Å². The van der Waals surface area contributed by atoms with Crippen LogP contribution in [0.25, 0.3) is 22.3 Å². The number of para-hydroxylation sites is 1. The molecule has 6 heteroatoms. The topological polar surface area (TPSA) is 75.7 Å². The van der Waals surface area contributed by atoms with Crippen LogP contribution in [0.15, 0.2) is 53.9 Å². The largest absolute Gasteiger partial charge is 0.393 e. The van der Waals surface area contributed by atoms with Crippen molar-refractivity contribution in [2.24, 2.45) is 7.05 Å². The Kier molecular flexibility index (Phi) is 3.80. The predicted octanol–water partition coefficient (Wildman–Crippen LogP) is 1.93. The molecule has 1 aromatic carbocycles. The van der Waals surface area contributed by atoms with Crippen molar-refractivity contribution >= 4 is 22.8 Å². The molecule has 0 fully saturated rings. The molecule has 3 rings (SSSR count). The number of nitrogens with one attached hydrogen (secondary N) is 2. The Morgan fingerprint density at radius 2 is 2.04 bits per heavy atom. The maximum Gasteiger partial charge on any atom is 0.283 e. The number of fused-ring (bicyclic) bond motifs is 1. The number of benzene rings is 1. The Balaban J connectivity index is 2.41. The predicted molar refractivity (Wildman–Crippen MR) is 92.1 cm³/mol. The molecule has 2 heterocycles. The van der Waals surface area contributed by atoms with Gasteiger partial charge in [-0.1, -0.05) is 18.2 Å². The van der Waals surface area contributed by atoms with Crippen molar-refractivity contribution in [3.05, 3.63) is 65.0 Å². The maximum atomic E-state index is 12.8. The van der Waals surface area contributed by atoms with E-state index >= 15 is 0 Å². The second-order valence-electron chi connectivity index (χ2n) is 5.14. The highest BCUT2D eigenvalue weighted by atomic mass is 16.1. The third-order valence-electron chi connectivity index (χ3n) is 3.67. The zero-order chi connectivity index (χ0) is 16.4. The van der Waals surface area contributed by atoms with E-state index in [1.54, 1.807) is 34.9 Å². The van der Waals surface area contributed by atoms with Gasteiger partial charge in [-0.3, -0.25) is 9.36 Å². The van der Waals surface area contributed by atoms with Crippen LogP contribution in [-0.2, 0) is 7.05 Å². The Morgan fingerprint density at radius 1 is 1.30 bits per heavy atom. The molecule has 0 spiro atoms. The first-order valence-corrected chi connectivity index (χ1v) is 7.17. The van der Waals surface area contributed by atoms with Crippen molar-refractivity contribution in [1.82, 2.24) is 19.4 Å². The fraction of sp³-hybridized carbons (Fsp3) is 0.118. The fourth-order valence-electron chi connectivity index (χ4n) is 2.61. The van der Waals surface area contributed by atoms with Gasteiger partial charge in [-0.2, -0.15) is 0 Å². The number of pyridine rings is 1. The number of rotatable bonds is 4. The second-order valence-corrected chi connectivity index (χ2v) is 5.14. The summed E-state index contributed by atoms with van der Waals surface area (Å²) < 4.78 is 3.37. The van der Waals surface area contributed by atoms with Crippen LogP contribution in [0.4, 0.5) is 0 Å². The van der Waals surface area contributed by atoms with Gasteiger partial charge in [-0.15, -0.1) is 0 Å². The van der Waals surface area contributed by atoms with Crippen molar-refractivity contribution in [2.75, 3.05) is 7.05 Å². The molecule has 0 atom stereocenters. The van der Waals surface area contributed by atoms with Gasteiger partial charge in [0, 0.05) is 49.5 Å². The van der Waals surface area contributed by atoms with Crippen LogP contribution in [0.5, 0.6) is 0 Å². The van der Waals surface area contributed by atoms with Gasteiger partial charge >= 0.3 is 0 Å². The molecular weight excluding hydrogens is 290 g/mol. The van der Waals surface area contributed by atoms with E-state index in [0.29, 0.717) is 16.6 Å². The minimum Gasteiger partial charge on any atom is -0.393 e. The molecule has 116 valence electrons. The van der Waals surface area contributed by atoms with Gasteiger partial charge < -0.3 is 15.3 Å². The van der Waals surface area contributed by atoms with Gasteiger partial charge in [0.1, 0.15) is 0 Å². The normalized spacial score (nSPS) is 11.7. The summed E-state index contributed by atoms with van der Waals surface area (Å²) in [6.45, 7) is 0. The molecule has 0 radical (unpaired) electrons. The number of allylic oxidation sites excluding steroid dienone is 1. The summed E-state index contributed by atoms with van der Waals surface area (Å²) in [6, 6.07) is 9.40. The third-order valence-corrected chi connectivity index (χ3v) is 3.67. The molecule has 3 aromatic rings. The monoisotopic (exact) mass is 307 g/mol. The first kappa shape index (κ1) is 14.8. The SMILES string of the molecule is CN/C=C(\C=N)c1cn(-c2ccccc2)c(=O)c2ncn(C)c12. The van der Waals surface area contributed by atoms with E-state index in [0.717, 1.165) is 11.3 Å². The van der Waals surface area contributed by atoms with Crippen LogP contribution in [0.3, 0.4) is 0 Å². The second kappa shape index (κ2) is 5.92. The van der Waals surface area contributed by atoms with Crippen LogP contribution in [-0.4, -0.2) is 27.4 Å². The van der Waals surface area contributed by atoms with Crippen LogP contribution in [0.1, 0.15) is 5.56 Å². The average molecular weight is 307 g/mol. The summed E-state index contributed by atoms with van der Waals surface area (Å²) in [5.74, 6) is 0. The molecule has 2 aromatic heterocycles. The first-order valence-electron chi connectivity index (χ1n) is 7.17. The van der Waals surface area contributed by atoms with E-state index in [1.807, 2.05) is 37.4 Å². The number of nitrogens with zero attached hydrogens (tertiary/aromatic N) is 3. The lowest BCUT2D eigenvalue weighted by Crippen LogP contribution is -2.20. The van der Waals surface area contributed by atoms with E-state index in [9.17, 15) is 4.79 Å². The lowest BCUT2D eigenvalue weighted by molar-refractivity contribution is 0.942. The summed E-state index contributed by atoms with van der Waals surface area (Å²) in [4.78, 5) is 17.0. The van der Waals surface area contributed by atoms with Crippen molar-refractivity contribution < 1.29 is 0 Å². The molecular formula is C17H17N5O. The number of aromatic nitrogens is 3. The van der Waals surface area contributed by atoms with Gasteiger partial charge in [-0.05, 0) is 12.1 Å². The van der Waals surface area contributed by atoms with Crippen LogP contribution < -0.4 is 10.9 Å². The van der Waals surface area contributed by atoms with Crippen molar-refractivity contribution in [3.63, 3.8) is 0 Å². The molecule has 0 amide bonds. The Hall–Kier alpha value is -3.15. The summed E-state index contributed by atoms with van der Waals surface area (Å²) in [7, 11) is 3.61. The van der Waals surface area contributed by atoms with Gasteiger partial charge in [-0.25, -0.2) is 4.98 Å². The Bertz CT molecular complexity index is 950. The fourth-order valence-corrected chi connectivity index (χ4v) is 2.61. The van der Waals surface area contributed by atoms with Crippen molar-refractivity contribution in [3.8, 4) is 5.69 Å². The van der Waals surface area contributed by atoms with Crippen LogP contribution in [0, 0.1) is 5.41 Å². The van der Waals surface area contributed by atoms with E-state index < -0.39 is 0 Å². The number of hydrogen-bond donors (Lipinski definition) is 2. The number of hydrogen-bond acceptors (Lipinski definition) is 4. The number of aryl methyl sites for hydroxylation is 1. The molecule has 2 N–H and O–H groups in total. The van der Waals surface area contributed by atoms with E-state index in [-0.39, 0.29) is 5.56 Å². The average Bonchev–Trinajstić information content (AvgIpc) is 2.97. The van der Waals surface area contributed by atoms with Gasteiger partial charge in [0.05, 0.1) is 11.8 Å². The van der Waals surface area contributed by atoms with Gasteiger partial charge in [0.2, 0.25) is 0 Å².